The zero-order valence-corrected chi connectivity index (χ0v) is 7.96. The predicted molar refractivity (Wildman–Crippen MR) is 45.1 cm³/mol. The second-order valence-electron chi connectivity index (χ2n) is 3.58. The minimum absolute atomic E-state index is 0.192. The zero-order chi connectivity index (χ0) is 8.48. The fourth-order valence-corrected chi connectivity index (χ4v) is 1.23. The molecule has 0 aromatic carbocycles. The maximum absolute atomic E-state index is 11.4. The first-order chi connectivity index (χ1) is 5.00. The second kappa shape index (κ2) is 3.31. The van der Waals surface area contributed by atoms with Gasteiger partial charge in [0.1, 0.15) is 10.8 Å². The summed E-state index contributed by atoms with van der Waals surface area (Å²) in [5, 5.41) is 0. The van der Waals surface area contributed by atoms with Crippen LogP contribution in [0.1, 0.15) is 20.8 Å². The molecule has 1 N–H and O–H groups in total. The van der Waals surface area contributed by atoms with Crippen molar-refractivity contribution in [1.82, 2.24) is 4.72 Å². The van der Waals surface area contributed by atoms with Gasteiger partial charge in [0.25, 0.3) is 0 Å². The Balaban J connectivity index is 2.24. The quantitative estimate of drug-likeness (QED) is 0.627. The van der Waals surface area contributed by atoms with Gasteiger partial charge in [0.2, 0.25) is 0 Å². The van der Waals surface area contributed by atoms with Crippen molar-refractivity contribution in [1.29, 1.82) is 0 Å². The molecular weight excluding hydrogens is 162 g/mol. The summed E-state index contributed by atoms with van der Waals surface area (Å²) in [5.74, 6) is 0. The average Bonchev–Trinajstić information content (AvgIpc) is 1.75. The van der Waals surface area contributed by atoms with E-state index in [1.54, 1.807) is 0 Å². The van der Waals surface area contributed by atoms with Crippen molar-refractivity contribution in [2.75, 3.05) is 13.2 Å². The Morgan fingerprint density at radius 2 is 2.00 bits per heavy atom. The molecule has 1 rings (SSSR count). The van der Waals surface area contributed by atoms with E-state index in [2.05, 4.69) is 4.72 Å². The molecule has 0 bridgehead atoms. The van der Waals surface area contributed by atoms with Crippen LogP contribution in [0.15, 0.2) is 0 Å². The second-order valence-corrected chi connectivity index (χ2v) is 5.55. The molecule has 11 heavy (non-hydrogen) atoms. The molecule has 0 aromatic heterocycles. The van der Waals surface area contributed by atoms with Gasteiger partial charge in [0.05, 0.1) is 13.2 Å². The first-order valence-corrected chi connectivity index (χ1v) is 4.76. The van der Waals surface area contributed by atoms with Gasteiger partial charge < -0.3 is 9.29 Å². The molecule has 3 nitrogen and oxygen atoms in total. The molecular formula is C7H14NO2S. The van der Waals surface area contributed by atoms with E-state index in [4.69, 9.17) is 4.74 Å². The number of hydrogen-bond donors (Lipinski definition) is 1. The lowest BCUT2D eigenvalue weighted by Gasteiger charge is -2.31. The SMILES string of the molecule is CC(C)(C)[S+]([O-])N[C]1COC1. The van der Waals surface area contributed by atoms with Gasteiger partial charge in [-0.15, -0.1) is 4.72 Å². The summed E-state index contributed by atoms with van der Waals surface area (Å²) in [6.45, 7) is 7.05. The number of rotatable bonds is 2. The van der Waals surface area contributed by atoms with E-state index in [9.17, 15) is 4.55 Å². The first-order valence-electron chi connectivity index (χ1n) is 3.61. The summed E-state index contributed by atoms with van der Waals surface area (Å²) >= 11 is -0.983. The summed E-state index contributed by atoms with van der Waals surface area (Å²) in [5.41, 5.74) is 0. The van der Waals surface area contributed by atoms with Gasteiger partial charge in [-0.3, -0.25) is 0 Å². The molecule has 65 valence electrons. The van der Waals surface area contributed by atoms with E-state index >= 15 is 0 Å². The zero-order valence-electron chi connectivity index (χ0n) is 7.14. The van der Waals surface area contributed by atoms with Crippen molar-refractivity contribution in [2.45, 2.75) is 25.5 Å². The van der Waals surface area contributed by atoms with E-state index in [0.29, 0.717) is 13.2 Å². The van der Waals surface area contributed by atoms with Crippen LogP contribution in [0.2, 0.25) is 0 Å². The molecule has 1 atom stereocenters. The lowest BCUT2D eigenvalue weighted by Crippen LogP contribution is -2.47. The van der Waals surface area contributed by atoms with Gasteiger partial charge in [0, 0.05) is 11.4 Å². The van der Waals surface area contributed by atoms with Gasteiger partial charge in [-0.2, -0.15) is 0 Å². The minimum atomic E-state index is -0.983. The van der Waals surface area contributed by atoms with Crippen molar-refractivity contribution in [3.05, 3.63) is 6.04 Å². The van der Waals surface area contributed by atoms with Crippen molar-refractivity contribution >= 4 is 11.4 Å². The predicted octanol–water partition coefficient (Wildman–Crippen LogP) is 0.600. The van der Waals surface area contributed by atoms with E-state index < -0.39 is 11.4 Å². The van der Waals surface area contributed by atoms with Gasteiger partial charge in [-0.1, -0.05) is 0 Å². The molecule has 1 radical (unpaired) electrons. The molecule has 1 unspecified atom stereocenters. The summed E-state index contributed by atoms with van der Waals surface area (Å²) < 4.78 is 19.0. The molecule has 0 aromatic rings. The molecule has 0 spiro atoms. The van der Waals surface area contributed by atoms with Crippen LogP contribution in [-0.2, 0) is 16.1 Å². The Bertz CT molecular complexity index is 131. The fraction of sp³-hybridized carbons (Fsp3) is 0.857. The Kier molecular flexibility index (Phi) is 2.80. The minimum Gasteiger partial charge on any atom is -0.598 e. The number of hydrogen-bond acceptors (Lipinski definition) is 3. The summed E-state index contributed by atoms with van der Waals surface area (Å²) in [7, 11) is 0. The monoisotopic (exact) mass is 176 g/mol. The molecule has 1 aliphatic heterocycles. The van der Waals surface area contributed by atoms with Gasteiger partial charge in [-0.05, 0) is 20.8 Å². The van der Waals surface area contributed by atoms with Crippen LogP contribution in [0.4, 0.5) is 0 Å². The first kappa shape index (κ1) is 9.32. The standard InChI is InChI=1S/C7H14NO2S/c1-7(2,3)11(9)8-6-4-10-5-6/h8H,4-5H2,1-3H3. The molecule has 1 heterocycles. The normalized spacial score (nSPS) is 22.9. The van der Waals surface area contributed by atoms with Gasteiger partial charge in [-0.25, -0.2) is 0 Å². The van der Waals surface area contributed by atoms with Crippen molar-refractivity contribution in [3.8, 4) is 0 Å². The number of ether oxygens (including phenoxy) is 1. The van der Waals surface area contributed by atoms with Crippen molar-refractivity contribution < 1.29 is 9.29 Å². The smallest absolute Gasteiger partial charge is 0.137 e. The van der Waals surface area contributed by atoms with E-state index in [1.807, 2.05) is 20.8 Å². The van der Waals surface area contributed by atoms with Crippen LogP contribution in [0.3, 0.4) is 0 Å². The molecule has 1 aliphatic rings. The fourth-order valence-electron chi connectivity index (χ4n) is 0.547. The molecule has 0 saturated carbocycles. The third-order valence-electron chi connectivity index (χ3n) is 1.35. The third-order valence-corrected chi connectivity index (χ3v) is 2.93. The highest BCUT2D eigenvalue weighted by Crippen LogP contribution is 2.18. The Morgan fingerprint density at radius 1 is 1.45 bits per heavy atom. The third kappa shape index (κ3) is 2.63. The maximum Gasteiger partial charge on any atom is 0.137 e. The van der Waals surface area contributed by atoms with Crippen LogP contribution in [0, 0.1) is 6.04 Å². The largest absolute Gasteiger partial charge is 0.598 e. The van der Waals surface area contributed by atoms with E-state index in [1.165, 1.54) is 0 Å². The summed E-state index contributed by atoms with van der Waals surface area (Å²) in [6.07, 6.45) is 0. The Hall–Kier alpha value is 0.230. The lowest BCUT2D eigenvalue weighted by atomic mass is 10.3. The highest BCUT2D eigenvalue weighted by atomic mass is 32.2. The topological polar surface area (TPSA) is 44.3 Å². The van der Waals surface area contributed by atoms with Crippen LogP contribution in [0.5, 0.6) is 0 Å². The van der Waals surface area contributed by atoms with Crippen LogP contribution >= 0.6 is 0 Å². The molecule has 0 aliphatic carbocycles. The lowest BCUT2D eigenvalue weighted by molar-refractivity contribution is 0.0579. The average molecular weight is 176 g/mol. The van der Waals surface area contributed by atoms with Gasteiger partial charge >= 0.3 is 0 Å². The highest BCUT2D eigenvalue weighted by Gasteiger charge is 2.32. The summed E-state index contributed by atoms with van der Waals surface area (Å²) in [6, 6.07) is 1.04. The van der Waals surface area contributed by atoms with Crippen LogP contribution in [0.25, 0.3) is 0 Å². The van der Waals surface area contributed by atoms with Crippen molar-refractivity contribution in [2.24, 2.45) is 0 Å². The van der Waals surface area contributed by atoms with Gasteiger partial charge in [0.15, 0.2) is 0 Å². The molecule has 0 amide bonds. The molecule has 4 heteroatoms. The van der Waals surface area contributed by atoms with E-state index in [0.717, 1.165) is 6.04 Å². The molecule has 1 saturated heterocycles. The van der Waals surface area contributed by atoms with E-state index in [-0.39, 0.29) is 4.75 Å². The van der Waals surface area contributed by atoms with Crippen molar-refractivity contribution in [3.63, 3.8) is 0 Å². The number of nitrogens with one attached hydrogen (secondary N) is 1. The van der Waals surface area contributed by atoms with Crippen LogP contribution < -0.4 is 4.72 Å². The highest BCUT2D eigenvalue weighted by molar-refractivity contribution is 7.90. The Labute approximate surface area is 70.8 Å². The Morgan fingerprint density at radius 3 is 2.27 bits per heavy atom. The van der Waals surface area contributed by atoms with Crippen LogP contribution in [-0.4, -0.2) is 22.5 Å². The summed E-state index contributed by atoms with van der Waals surface area (Å²) in [4.78, 5) is 0. The maximum atomic E-state index is 11.4. The molecule has 1 fully saturated rings.